The highest BCUT2D eigenvalue weighted by atomic mass is 79.9. The molecule has 0 aliphatic heterocycles. The Labute approximate surface area is 128 Å². The number of benzene rings is 2. The lowest BCUT2D eigenvalue weighted by molar-refractivity contribution is 0.620. The Balaban J connectivity index is 2.19. The minimum absolute atomic E-state index is 0.225. The van der Waals surface area contributed by atoms with Gasteiger partial charge in [-0.2, -0.15) is 0 Å². The maximum atomic E-state index is 13.2. The predicted molar refractivity (Wildman–Crippen MR) is 86.6 cm³/mol. The first-order valence-electron chi connectivity index (χ1n) is 6.94. The molecule has 2 rings (SSSR count). The fourth-order valence-corrected chi connectivity index (χ4v) is 2.74. The molecule has 0 fully saturated rings. The van der Waals surface area contributed by atoms with Gasteiger partial charge in [-0.3, -0.25) is 0 Å². The molecule has 2 aromatic carbocycles. The Morgan fingerprint density at radius 2 is 1.70 bits per heavy atom. The maximum Gasteiger partial charge on any atom is 0.137 e. The van der Waals surface area contributed by atoms with Crippen molar-refractivity contribution in [1.29, 1.82) is 0 Å². The number of aryl methyl sites for hydroxylation is 2. The third-order valence-electron chi connectivity index (χ3n) is 3.45. The number of halogens is 2. The molecule has 0 bridgehead atoms. The molecule has 2 aromatic rings. The standard InChI is InChI=1S/C17H19BrFN/c1-3-13-6-5-7-14(4-2)17(13)20-11-12-8-9-16(19)15(18)10-12/h5-10,20H,3-4,11H2,1-2H3. The fraction of sp³-hybridized carbons (Fsp3) is 0.294. The van der Waals surface area contributed by atoms with Gasteiger partial charge in [0.25, 0.3) is 0 Å². The van der Waals surface area contributed by atoms with Crippen LogP contribution in [0.25, 0.3) is 0 Å². The zero-order valence-corrected chi connectivity index (χ0v) is 13.4. The van der Waals surface area contributed by atoms with Gasteiger partial charge in [0, 0.05) is 12.2 Å². The van der Waals surface area contributed by atoms with Crippen molar-refractivity contribution < 1.29 is 4.39 Å². The Kier molecular flexibility index (Phi) is 5.18. The van der Waals surface area contributed by atoms with Crippen LogP contribution < -0.4 is 5.32 Å². The molecule has 0 radical (unpaired) electrons. The molecule has 0 unspecified atom stereocenters. The number of anilines is 1. The molecule has 0 amide bonds. The smallest absolute Gasteiger partial charge is 0.137 e. The normalized spacial score (nSPS) is 10.6. The maximum absolute atomic E-state index is 13.2. The molecule has 0 heterocycles. The Bertz CT molecular complexity index is 573. The average Bonchev–Trinajstić information content (AvgIpc) is 2.48. The second-order valence-corrected chi connectivity index (χ2v) is 5.61. The summed E-state index contributed by atoms with van der Waals surface area (Å²) in [6, 6.07) is 11.5. The molecule has 3 heteroatoms. The molecular weight excluding hydrogens is 317 g/mol. The molecule has 0 aliphatic rings. The van der Waals surface area contributed by atoms with Gasteiger partial charge in [-0.1, -0.05) is 38.1 Å². The lowest BCUT2D eigenvalue weighted by Crippen LogP contribution is -2.05. The highest BCUT2D eigenvalue weighted by molar-refractivity contribution is 9.10. The van der Waals surface area contributed by atoms with E-state index in [0.717, 1.165) is 18.4 Å². The monoisotopic (exact) mass is 335 g/mol. The van der Waals surface area contributed by atoms with Crippen LogP contribution in [-0.4, -0.2) is 0 Å². The van der Waals surface area contributed by atoms with E-state index in [2.05, 4.69) is 53.3 Å². The van der Waals surface area contributed by atoms with Crippen molar-refractivity contribution >= 4 is 21.6 Å². The Morgan fingerprint density at radius 3 is 2.25 bits per heavy atom. The van der Waals surface area contributed by atoms with Gasteiger partial charge in [-0.05, 0) is 57.6 Å². The SMILES string of the molecule is CCc1cccc(CC)c1NCc1ccc(F)c(Br)c1. The van der Waals surface area contributed by atoms with Gasteiger partial charge >= 0.3 is 0 Å². The first-order chi connectivity index (χ1) is 9.65. The second kappa shape index (κ2) is 6.89. The zero-order valence-electron chi connectivity index (χ0n) is 11.8. The third kappa shape index (κ3) is 3.40. The van der Waals surface area contributed by atoms with Crippen molar-refractivity contribution in [3.05, 3.63) is 63.4 Å². The van der Waals surface area contributed by atoms with Gasteiger partial charge in [-0.15, -0.1) is 0 Å². The van der Waals surface area contributed by atoms with Crippen LogP contribution in [-0.2, 0) is 19.4 Å². The summed E-state index contributed by atoms with van der Waals surface area (Å²) in [6.07, 6.45) is 2.01. The van der Waals surface area contributed by atoms with Crippen molar-refractivity contribution in [1.82, 2.24) is 0 Å². The fourth-order valence-electron chi connectivity index (χ4n) is 2.31. The lowest BCUT2D eigenvalue weighted by atomic mass is 10.0. The average molecular weight is 336 g/mol. The molecule has 20 heavy (non-hydrogen) atoms. The first kappa shape index (κ1) is 15.0. The summed E-state index contributed by atoms with van der Waals surface area (Å²) in [7, 11) is 0. The number of hydrogen-bond donors (Lipinski definition) is 1. The van der Waals surface area contributed by atoms with Crippen LogP contribution in [0, 0.1) is 5.82 Å². The summed E-state index contributed by atoms with van der Waals surface area (Å²) in [5, 5.41) is 3.50. The minimum Gasteiger partial charge on any atom is -0.381 e. The zero-order chi connectivity index (χ0) is 14.5. The quantitative estimate of drug-likeness (QED) is 0.779. The number of hydrogen-bond acceptors (Lipinski definition) is 1. The summed E-state index contributed by atoms with van der Waals surface area (Å²) in [4.78, 5) is 0. The van der Waals surface area contributed by atoms with Crippen molar-refractivity contribution in [3.8, 4) is 0 Å². The van der Waals surface area contributed by atoms with E-state index in [-0.39, 0.29) is 5.82 Å². The van der Waals surface area contributed by atoms with Crippen molar-refractivity contribution in [2.45, 2.75) is 33.2 Å². The van der Waals surface area contributed by atoms with Gasteiger partial charge in [-0.25, -0.2) is 4.39 Å². The van der Waals surface area contributed by atoms with Gasteiger partial charge in [0.05, 0.1) is 4.47 Å². The van der Waals surface area contributed by atoms with Gasteiger partial charge in [0.2, 0.25) is 0 Å². The van der Waals surface area contributed by atoms with Crippen molar-refractivity contribution in [2.75, 3.05) is 5.32 Å². The summed E-state index contributed by atoms with van der Waals surface area (Å²) in [6.45, 7) is 5.02. The lowest BCUT2D eigenvalue weighted by Gasteiger charge is -2.15. The van der Waals surface area contributed by atoms with Crippen molar-refractivity contribution in [2.24, 2.45) is 0 Å². The van der Waals surface area contributed by atoms with Gasteiger partial charge in [0.1, 0.15) is 5.82 Å². The summed E-state index contributed by atoms with van der Waals surface area (Å²) < 4.78 is 13.7. The molecule has 0 aliphatic carbocycles. The highest BCUT2D eigenvalue weighted by Crippen LogP contribution is 2.24. The molecule has 0 spiro atoms. The van der Waals surface area contributed by atoms with Gasteiger partial charge in [0.15, 0.2) is 0 Å². The third-order valence-corrected chi connectivity index (χ3v) is 4.06. The molecule has 1 N–H and O–H groups in total. The molecule has 0 atom stereocenters. The molecule has 0 saturated carbocycles. The van der Waals surface area contributed by atoms with Crippen LogP contribution in [0.5, 0.6) is 0 Å². The van der Waals surface area contributed by atoms with E-state index in [0.29, 0.717) is 11.0 Å². The minimum atomic E-state index is -0.225. The van der Waals surface area contributed by atoms with Crippen molar-refractivity contribution in [3.63, 3.8) is 0 Å². The van der Waals surface area contributed by atoms with E-state index < -0.39 is 0 Å². The first-order valence-corrected chi connectivity index (χ1v) is 7.73. The number of nitrogens with one attached hydrogen (secondary N) is 1. The molecule has 1 nitrogen and oxygen atoms in total. The van der Waals surface area contributed by atoms with E-state index in [9.17, 15) is 4.39 Å². The summed E-state index contributed by atoms with van der Waals surface area (Å²) in [5.41, 5.74) is 4.93. The van der Waals surface area contributed by atoms with Crippen LogP contribution in [0.15, 0.2) is 40.9 Å². The van der Waals surface area contributed by atoms with Crippen LogP contribution in [0.2, 0.25) is 0 Å². The molecule has 0 saturated heterocycles. The molecule has 0 aromatic heterocycles. The Hall–Kier alpha value is -1.35. The van der Waals surface area contributed by atoms with E-state index in [4.69, 9.17) is 0 Å². The Morgan fingerprint density at radius 1 is 1.05 bits per heavy atom. The van der Waals surface area contributed by atoms with Gasteiger partial charge < -0.3 is 5.32 Å². The largest absolute Gasteiger partial charge is 0.381 e. The van der Waals surface area contributed by atoms with E-state index in [1.807, 2.05) is 12.1 Å². The number of rotatable bonds is 5. The predicted octanol–water partition coefficient (Wildman–Crippen LogP) is 5.33. The molecule has 106 valence electrons. The van der Waals surface area contributed by atoms with Crippen LogP contribution >= 0.6 is 15.9 Å². The van der Waals surface area contributed by atoms with E-state index >= 15 is 0 Å². The summed E-state index contributed by atoms with van der Waals surface area (Å²) in [5.74, 6) is -0.225. The van der Waals surface area contributed by atoms with E-state index in [1.54, 1.807) is 0 Å². The van der Waals surface area contributed by atoms with Crippen LogP contribution in [0.3, 0.4) is 0 Å². The number of para-hydroxylation sites is 1. The van der Waals surface area contributed by atoms with Crippen LogP contribution in [0.4, 0.5) is 10.1 Å². The second-order valence-electron chi connectivity index (χ2n) is 4.76. The summed E-state index contributed by atoms with van der Waals surface area (Å²) >= 11 is 3.23. The molecular formula is C17H19BrFN. The van der Waals surface area contributed by atoms with Crippen LogP contribution in [0.1, 0.15) is 30.5 Å². The van der Waals surface area contributed by atoms with E-state index in [1.165, 1.54) is 22.9 Å². The highest BCUT2D eigenvalue weighted by Gasteiger charge is 2.06. The topological polar surface area (TPSA) is 12.0 Å².